The molecule has 4 nitrogen and oxygen atoms in total. The van der Waals surface area contributed by atoms with Gasteiger partial charge in [0, 0.05) is 24.2 Å². The summed E-state index contributed by atoms with van der Waals surface area (Å²) >= 11 is 5.86. The van der Waals surface area contributed by atoms with E-state index in [4.69, 9.17) is 11.6 Å². The van der Waals surface area contributed by atoms with Crippen LogP contribution in [0.15, 0.2) is 48.5 Å². The van der Waals surface area contributed by atoms with Gasteiger partial charge in [-0.2, -0.15) is 0 Å². The van der Waals surface area contributed by atoms with Crippen molar-refractivity contribution in [3.8, 4) is 0 Å². The van der Waals surface area contributed by atoms with Gasteiger partial charge in [-0.1, -0.05) is 41.9 Å². The zero-order chi connectivity index (χ0) is 16.8. The van der Waals surface area contributed by atoms with Gasteiger partial charge in [-0.3, -0.25) is 9.59 Å². The fourth-order valence-electron chi connectivity index (χ4n) is 2.16. The molecular formula is C18H19ClN2O2. The van der Waals surface area contributed by atoms with E-state index in [0.29, 0.717) is 11.6 Å². The number of nitrogens with one attached hydrogen (secondary N) is 1. The maximum Gasteiger partial charge on any atom is 0.244 e. The summed E-state index contributed by atoms with van der Waals surface area (Å²) in [5, 5.41) is 3.48. The molecule has 0 radical (unpaired) electrons. The molecule has 23 heavy (non-hydrogen) atoms. The zero-order valence-electron chi connectivity index (χ0n) is 13.2. The molecule has 0 atom stereocenters. The third-order valence-electron chi connectivity index (χ3n) is 3.49. The molecule has 0 spiro atoms. The highest BCUT2D eigenvalue weighted by Gasteiger charge is 2.14. The van der Waals surface area contributed by atoms with Crippen LogP contribution in [-0.2, 0) is 16.1 Å². The number of hydrogen-bond donors (Lipinski definition) is 1. The molecule has 2 aromatic rings. The van der Waals surface area contributed by atoms with E-state index in [0.717, 1.165) is 16.8 Å². The van der Waals surface area contributed by atoms with E-state index >= 15 is 0 Å². The summed E-state index contributed by atoms with van der Waals surface area (Å²) in [4.78, 5) is 25.5. The lowest BCUT2D eigenvalue weighted by molar-refractivity contribution is -0.133. The third-order valence-corrected chi connectivity index (χ3v) is 3.74. The van der Waals surface area contributed by atoms with Gasteiger partial charge in [-0.05, 0) is 36.2 Å². The standard InChI is InChI=1S/C18H19ClN2O2/c1-13-5-3-4-6-17(13)20-18(23)12-21(14(2)22)11-15-7-9-16(19)10-8-15/h3-10H,11-12H2,1-2H3,(H,20,23). The minimum absolute atomic E-state index is 0.00624. The van der Waals surface area contributed by atoms with Gasteiger partial charge >= 0.3 is 0 Å². The van der Waals surface area contributed by atoms with E-state index in [-0.39, 0.29) is 18.4 Å². The van der Waals surface area contributed by atoms with Crippen LogP contribution < -0.4 is 5.32 Å². The molecule has 0 aliphatic heterocycles. The smallest absolute Gasteiger partial charge is 0.244 e. The van der Waals surface area contributed by atoms with Crippen molar-refractivity contribution in [2.45, 2.75) is 20.4 Å². The normalized spacial score (nSPS) is 10.2. The number of rotatable bonds is 5. The van der Waals surface area contributed by atoms with Crippen molar-refractivity contribution < 1.29 is 9.59 Å². The summed E-state index contributed by atoms with van der Waals surface area (Å²) in [6.45, 7) is 3.75. The van der Waals surface area contributed by atoms with Crippen LogP contribution in [0.2, 0.25) is 5.02 Å². The van der Waals surface area contributed by atoms with Gasteiger partial charge in [0.1, 0.15) is 6.54 Å². The third kappa shape index (κ3) is 5.11. The second-order valence-corrected chi connectivity index (χ2v) is 5.80. The summed E-state index contributed by atoms with van der Waals surface area (Å²) in [6.07, 6.45) is 0. The van der Waals surface area contributed by atoms with Gasteiger partial charge < -0.3 is 10.2 Å². The van der Waals surface area contributed by atoms with Crippen LogP contribution >= 0.6 is 11.6 Å². The summed E-state index contributed by atoms with van der Waals surface area (Å²) in [5.74, 6) is -0.372. The average Bonchev–Trinajstić information content (AvgIpc) is 2.51. The van der Waals surface area contributed by atoms with Crippen LogP contribution in [0, 0.1) is 6.92 Å². The molecular weight excluding hydrogens is 312 g/mol. The van der Waals surface area contributed by atoms with Crippen LogP contribution in [0.3, 0.4) is 0 Å². The number of para-hydroxylation sites is 1. The second-order valence-electron chi connectivity index (χ2n) is 5.36. The van der Waals surface area contributed by atoms with Gasteiger partial charge in [0.2, 0.25) is 11.8 Å². The topological polar surface area (TPSA) is 49.4 Å². The molecule has 0 aliphatic rings. The Bertz CT molecular complexity index is 698. The van der Waals surface area contributed by atoms with Gasteiger partial charge in [0.15, 0.2) is 0 Å². The Hall–Kier alpha value is -2.33. The highest BCUT2D eigenvalue weighted by Crippen LogP contribution is 2.14. The van der Waals surface area contributed by atoms with Crippen molar-refractivity contribution in [2.24, 2.45) is 0 Å². The Morgan fingerprint density at radius 3 is 2.35 bits per heavy atom. The number of hydrogen-bond acceptors (Lipinski definition) is 2. The highest BCUT2D eigenvalue weighted by molar-refractivity contribution is 6.30. The van der Waals surface area contributed by atoms with Crippen molar-refractivity contribution >= 4 is 29.1 Å². The molecule has 2 rings (SSSR count). The predicted octanol–water partition coefficient (Wildman–Crippen LogP) is 3.64. The first-order valence-electron chi connectivity index (χ1n) is 7.31. The molecule has 0 aromatic heterocycles. The SMILES string of the molecule is CC(=O)N(CC(=O)Nc1ccccc1C)Cc1ccc(Cl)cc1. The Balaban J connectivity index is 2.01. The monoisotopic (exact) mass is 330 g/mol. The number of nitrogens with zero attached hydrogens (tertiary/aromatic N) is 1. The average molecular weight is 331 g/mol. The fraction of sp³-hybridized carbons (Fsp3) is 0.222. The lowest BCUT2D eigenvalue weighted by atomic mass is 10.2. The molecule has 1 N–H and O–H groups in total. The van der Waals surface area contributed by atoms with Crippen molar-refractivity contribution in [2.75, 3.05) is 11.9 Å². The number of benzene rings is 2. The molecule has 0 saturated heterocycles. The van der Waals surface area contributed by atoms with Crippen molar-refractivity contribution in [3.63, 3.8) is 0 Å². The predicted molar refractivity (Wildman–Crippen MR) is 92.4 cm³/mol. The summed E-state index contributed by atoms with van der Waals surface area (Å²) < 4.78 is 0. The number of aryl methyl sites for hydroxylation is 1. The van der Waals surface area contributed by atoms with Crippen LogP contribution in [0.1, 0.15) is 18.1 Å². The van der Waals surface area contributed by atoms with Crippen LogP contribution in [0.4, 0.5) is 5.69 Å². The molecule has 0 unspecified atom stereocenters. The maximum atomic E-state index is 12.2. The van der Waals surface area contributed by atoms with Crippen LogP contribution in [0.5, 0.6) is 0 Å². The Morgan fingerprint density at radius 1 is 1.09 bits per heavy atom. The minimum Gasteiger partial charge on any atom is -0.329 e. The largest absolute Gasteiger partial charge is 0.329 e. The number of amides is 2. The fourth-order valence-corrected chi connectivity index (χ4v) is 2.29. The van der Waals surface area contributed by atoms with E-state index in [2.05, 4.69) is 5.32 Å². The first-order valence-corrected chi connectivity index (χ1v) is 7.69. The van der Waals surface area contributed by atoms with Gasteiger partial charge in [-0.15, -0.1) is 0 Å². The number of carbonyl (C=O) groups excluding carboxylic acids is 2. The number of carbonyl (C=O) groups is 2. The lowest BCUT2D eigenvalue weighted by Gasteiger charge is -2.21. The molecule has 0 bridgehead atoms. The summed E-state index contributed by atoms with van der Waals surface area (Å²) in [5.41, 5.74) is 2.66. The molecule has 2 aromatic carbocycles. The van der Waals surface area contributed by atoms with Gasteiger partial charge in [0.05, 0.1) is 0 Å². The van der Waals surface area contributed by atoms with Gasteiger partial charge in [0.25, 0.3) is 0 Å². The van der Waals surface area contributed by atoms with Gasteiger partial charge in [-0.25, -0.2) is 0 Å². The summed E-state index contributed by atoms with van der Waals surface area (Å²) in [7, 11) is 0. The highest BCUT2D eigenvalue weighted by atomic mass is 35.5. The molecule has 0 heterocycles. The molecule has 5 heteroatoms. The van der Waals surface area contributed by atoms with E-state index in [1.54, 1.807) is 12.1 Å². The number of halogens is 1. The molecule has 2 amide bonds. The Morgan fingerprint density at radius 2 is 1.74 bits per heavy atom. The Kier molecular flexibility index (Phi) is 5.77. The lowest BCUT2D eigenvalue weighted by Crippen LogP contribution is -2.36. The van der Waals surface area contributed by atoms with E-state index in [1.807, 2.05) is 43.3 Å². The first-order chi connectivity index (χ1) is 11.0. The summed E-state index contributed by atoms with van der Waals surface area (Å²) in [6, 6.07) is 14.8. The van der Waals surface area contributed by atoms with Crippen molar-refractivity contribution in [1.82, 2.24) is 4.90 Å². The first kappa shape index (κ1) is 17.0. The maximum absolute atomic E-state index is 12.2. The molecule has 0 saturated carbocycles. The molecule has 0 fully saturated rings. The minimum atomic E-state index is -0.219. The quantitative estimate of drug-likeness (QED) is 0.910. The Labute approximate surface area is 141 Å². The van der Waals surface area contributed by atoms with Crippen LogP contribution in [0.25, 0.3) is 0 Å². The molecule has 0 aliphatic carbocycles. The van der Waals surface area contributed by atoms with Crippen LogP contribution in [-0.4, -0.2) is 23.3 Å². The zero-order valence-corrected chi connectivity index (χ0v) is 13.9. The van der Waals surface area contributed by atoms with Crippen molar-refractivity contribution in [1.29, 1.82) is 0 Å². The van der Waals surface area contributed by atoms with E-state index in [1.165, 1.54) is 11.8 Å². The van der Waals surface area contributed by atoms with Crippen molar-refractivity contribution in [3.05, 3.63) is 64.7 Å². The number of anilines is 1. The van der Waals surface area contributed by atoms with E-state index in [9.17, 15) is 9.59 Å². The second kappa shape index (κ2) is 7.79. The van der Waals surface area contributed by atoms with E-state index < -0.39 is 0 Å². The molecule has 120 valence electrons.